The highest BCUT2D eigenvalue weighted by Gasteiger charge is 2.35. The van der Waals surface area contributed by atoms with Crippen molar-refractivity contribution in [3.63, 3.8) is 0 Å². The standard InChI is InChI=1S/C10H5F3N2OS/c11-10(12,13)9-15-5-7(17-9)8(16)6-3-1-2-4-14-6/h1-5H. The minimum atomic E-state index is -4.52. The van der Waals surface area contributed by atoms with Crippen LogP contribution < -0.4 is 0 Å². The van der Waals surface area contributed by atoms with Crippen LogP contribution in [-0.2, 0) is 6.18 Å². The topological polar surface area (TPSA) is 42.9 Å². The van der Waals surface area contributed by atoms with Crippen molar-refractivity contribution in [1.29, 1.82) is 0 Å². The fraction of sp³-hybridized carbons (Fsp3) is 0.100. The third kappa shape index (κ3) is 2.50. The Morgan fingerprint density at radius 1 is 1.24 bits per heavy atom. The number of hydrogen-bond acceptors (Lipinski definition) is 4. The first-order valence-corrected chi connectivity index (χ1v) is 5.29. The van der Waals surface area contributed by atoms with E-state index >= 15 is 0 Å². The maximum atomic E-state index is 12.3. The van der Waals surface area contributed by atoms with E-state index in [9.17, 15) is 18.0 Å². The fourth-order valence-corrected chi connectivity index (χ4v) is 1.87. The van der Waals surface area contributed by atoms with Gasteiger partial charge in [0.1, 0.15) is 5.69 Å². The van der Waals surface area contributed by atoms with Crippen molar-refractivity contribution in [2.75, 3.05) is 0 Å². The molecule has 0 radical (unpaired) electrons. The summed E-state index contributed by atoms with van der Waals surface area (Å²) < 4.78 is 36.9. The van der Waals surface area contributed by atoms with E-state index in [2.05, 4.69) is 9.97 Å². The number of halogens is 3. The van der Waals surface area contributed by atoms with Gasteiger partial charge in [0, 0.05) is 12.4 Å². The SMILES string of the molecule is O=C(c1ccccn1)c1cnc(C(F)(F)F)s1. The van der Waals surface area contributed by atoms with Crippen LogP contribution in [0.5, 0.6) is 0 Å². The highest BCUT2D eigenvalue weighted by molar-refractivity contribution is 7.13. The van der Waals surface area contributed by atoms with Gasteiger partial charge in [-0.05, 0) is 12.1 Å². The number of thiazole rings is 1. The maximum Gasteiger partial charge on any atom is 0.443 e. The van der Waals surface area contributed by atoms with Gasteiger partial charge in [0.05, 0.1) is 4.88 Å². The second-order valence-electron chi connectivity index (χ2n) is 3.07. The lowest BCUT2D eigenvalue weighted by molar-refractivity contribution is -0.137. The van der Waals surface area contributed by atoms with Crippen molar-refractivity contribution in [3.05, 3.63) is 46.2 Å². The molecule has 0 saturated carbocycles. The largest absolute Gasteiger partial charge is 0.443 e. The van der Waals surface area contributed by atoms with Crippen molar-refractivity contribution >= 4 is 17.1 Å². The molecule has 0 bridgehead atoms. The number of aromatic nitrogens is 2. The van der Waals surface area contributed by atoms with E-state index in [1.54, 1.807) is 12.1 Å². The Kier molecular flexibility index (Phi) is 2.93. The first-order chi connectivity index (χ1) is 7.98. The van der Waals surface area contributed by atoms with Crippen LogP contribution in [0, 0.1) is 0 Å². The van der Waals surface area contributed by atoms with Crippen molar-refractivity contribution < 1.29 is 18.0 Å². The molecule has 0 spiro atoms. The molecule has 0 saturated heterocycles. The quantitative estimate of drug-likeness (QED) is 0.778. The van der Waals surface area contributed by atoms with Crippen LogP contribution >= 0.6 is 11.3 Å². The summed E-state index contributed by atoms with van der Waals surface area (Å²) in [6.07, 6.45) is -2.20. The van der Waals surface area contributed by atoms with Gasteiger partial charge in [0.2, 0.25) is 5.78 Å². The van der Waals surface area contributed by atoms with E-state index in [1.807, 2.05) is 0 Å². The monoisotopic (exact) mass is 258 g/mol. The molecule has 7 heteroatoms. The molecule has 2 aromatic heterocycles. The molecule has 0 atom stereocenters. The Bertz CT molecular complexity index is 536. The van der Waals surface area contributed by atoms with Gasteiger partial charge in [0.15, 0.2) is 5.01 Å². The lowest BCUT2D eigenvalue weighted by atomic mass is 10.2. The molecule has 3 nitrogen and oxygen atoms in total. The van der Waals surface area contributed by atoms with E-state index < -0.39 is 17.0 Å². The van der Waals surface area contributed by atoms with E-state index in [0.717, 1.165) is 6.20 Å². The number of rotatable bonds is 2. The Labute approximate surface area is 98.0 Å². The molecular formula is C10H5F3N2OS. The number of carbonyl (C=O) groups excluding carboxylic acids is 1. The smallest absolute Gasteiger partial charge is 0.286 e. The summed E-state index contributed by atoms with van der Waals surface area (Å²) in [5, 5.41) is -1.03. The molecule has 0 aromatic carbocycles. The molecular weight excluding hydrogens is 253 g/mol. The third-order valence-electron chi connectivity index (χ3n) is 1.87. The number of pyridine rings is 1. The number of ketones is 1. The highest BCUT2D eigenvalue weighted by Crippen LogP contribution is 2.32. The van der Waals surface area contributed by atoms with Gasteiger partial charge in [-0.2, -0.15) is 13.2 Å². The Morgan fingerprint density at radius 2 is 2.00 bits per heavy atom. The lowest BCUT2D eigenvalue weighted by Gasteiger charge is -1.99. The van der Waals surface area contributed by atoms with Gasteiger partial charge in [-0.25, -0.2) is 4.98 Å². The predicted octanol–water partition coefficient (Wildman–Crippen LogP) is 2.79. The average molecular weight is 258 g/mol. The second kappa shape index (κ2) is 4.25. The second-order valence-corrected chi connectivity index (χ2v) is 4.10. The normalized spacial score (nSPS) is 11.5. The molecule has 0 unspecified atom stereocenters. The van der Waals surface area contributed by atoms with E-state index in [4.69, 9.17) is 0 Å². The van der Waals surface area contributed by atoms with Crippen LogP contribution in [0.15, 0.2) is 30.6 Å². The van der Waals surface area contributed by atoms with Crippen molar-refractivity contribution in [2.45, 2.75) is 6.18 Å². The van der Waals surface area contributed by atoms with Crippen molar-refractivity contribution in [2.24, 2.45) is 0 Å². The minimum absolute atomic E-state index is 0.0731. The molecule has 17 heavy (non-hydrogen) atoms. The number of alkyl halides is 3. The molecule has 0 aliphatic rings. The number of carbonyl (C=O) groups is 1. The van der Waals surface area contributed by atoms with Crippen LogP contribution in [-0.4, -0.2) is 15.8 Å². The molecule has 2 heterocycles. The molecule has 0 aliphatic carbocycles. The molecule has 2 rings (SSSR count). The van der Waals surface area contributed by atoms with Gasteiger partial charge in [0.25, 0.3) is 0 Å². The molecule has 0 fully saturated rings. The summed E-state index contributed by atoms with van der Waals surface area (Å²) in [7, 11) is 0. The summed E-state index contributed by atoms with van der Waals surface area (Å²) in [5.41, 5.74) is 0.102. The molecule has 88 valence electrons. The van der Waals surface area contributed by atoms with E-state index in [-0.39, 0.29) is 10.6 Å². The Morgan fingerprint density at radius 3 is 2.53 bits per heavy atom. The fourth-order valence-electron chi connectivity index (χ4n) is 1.13. The summed E-state index contributed by atoms with van der Waals surface area (Å²) in [4.78, 5) is 18.6. The minimum Gasteiger partial charge on any atom is -0.286 e. The molecule has 0 aliphatic heterocycles. The van der Waals surface area contributed by atoms with E-state index in [1.165, 1.54) is 12.3 Å². The first kappa shape index (κ1) is 11.7. The summed E-state index contributed by atoms with van der Waals surface area (Å²) in [5.74, 6) is -0.557. The summed E-state index contributed by atoms with van der Waals surface area (Å²) in [6.45, 7) is 0. The van der Waals surface area contributed by atoms with Crippen LogP contribution in [0.2, 0.25) is 0 Å². The van der Waals surface area contributed by atoms with Crippen LogP contribution in [0.3, 0.4) is 0 Å². The zero-order valence-corrected chi connectivity index (χ0v) is 9.05. The van der Waals surface area contributed by atoms with Crippen LogP contribution in [0.25, 0.3) is 0 Å². The zero-order chi connectivity index (χ0) is 12.5. The van der Waals surface area contributed by atoms with Gasteiger partial charge in [-0.3, -0.25) is 9.78 Å². The first-order valence-electron chi connectivity index (χ1n) is 4.47. The molecule has 0 amide bonds. The zero-order valence-electron chi connectivity index (χ0n) is 8.23. The Hall–Kier alpha value is -1.76. The van der Waals surface area contributed by atoms with Crippen molar-refractivity contribution in [3.8, 4) is 0 Å². The van der Waals surface area contributed by atoms with Crippen LogP contribution in [0.1, 0.15) is 20.4 Å². The average Bonchev–Trinajstić information content (AvgIpc) is 2.78. The van der Waals surface area contributed by atoms with Gasteiger partial charge < -0.3 is 0 Å². The van der Waals surface area contributed by atoms with Gasteiger partial charge >= 0.3 is 6.18 Å². The predicted molar refractivity (Wildman–Crippen MR) is 54.8 cm³/mol. The highest BCUT2D eigenvalue weighted by atomic mass is 32.1. The lowest BCUT2D eigenvalue weighted by Crippen LogP contribution is -2.03. The van der Waals surface area contributed by atoms with E-state index in [0.29, 0.717) is 11.3 Å². The maximum absolute atomic E-state index is 12.3. The Balaban J connectivity index is 2.30. The molecule has 0 N–H and O–H groups in total. The summed E-state index contributed by atoms with van der Waals surface area (Å²) >= 11 is 0.317. The van der Waals surface area contributed by atoms with Crippen LogP contribution in [0.4, 0.5) is 13.2 Å². The van der Waals surface area contributed by atoms with Gasteiger partial charge in [-0.1, -0.05) is 6.07 Å². The van der Waals surface area contributed by atoms with Crippen molar-refractivity contribution in [1.82, 2.24) is 9.97 Å². The number of hydrogen-bond donors (Lipinski definition) is 0. The number of nitrogens with zero attached hydrogens (tertiary/aromatic N) is 2. The third-order valence-corrected chi connectivity index (χ3v) is 2.91. The summed E-state index contributed by atoms with van der Waals surface area (Å²) in [6, 6.07) is 4.64. The molecule has 2 aromatic rings. The van der Waals surface area contributed by atoms with Gasteiger partial charge in [-0.15, -0.1) is 11.3 Å².